The average molecular weight is 500 g/mol. The Morgan fingerprint density at radius 1 is 1.03 bits per heavy atom. The molecule has 1 aromatic heterocycles. The van der Waals surface area contributed by atoms with Gasteiger partial charge < -0.3 is 24.4 Å². The third kappa shape index (κ3) is 6.44. The zero-order valence-electron chi connectivity index (χ0n) is 21.1. The molecule has 8 nitrogen and oxygen atoms in total. The third-order valence-corrected chi connectivity index (χ3v) is 7.02. The van der Waals surface area contributed by atoms with E-state index in [1.54, 1.807) is 6.20 Å². The van der Waals surface area contributed by atoms with Crippen LogP contribution in [0.4, 0.5) is 5.69 Å². The summed E-state index contributed by atoms with van der Waals surface area (Å²) in [6.45, 7) is 6.05. The molecule has 0 saturated carbocycles. The zero-order chi connectivity index (χ0) is 25.5. The van der Waals surface area contributed by atoms with Gasteiger partial charge >= 0.3 is 0 Å². The Bertz CT molecular complexity index is 1210. The lowest BCUT2D eigenvalue weighted by Crippen LogP contribution is -2.39. The number of likely N-dealkylation sites (tertiary alicyclic amines) is 1. The van der Waals surface area contributed by atoms with E-state index in [1.807, 2.05) is 24.3 Å². The predicted molar refractivity (Wildman–Crippen MR) is 142 cm³/mol. The zero-order valence-corrected chi connectivity index (χ0v) is 21.1. The van der Waals surface area contributed by atoms with Crippen molar-refractivity contribution in [3.8, 4) is 23.1 Å². The lowest BCUT2D eigenvalue weighted by atomic mass is 10.1. The van der Waals surface area contributed by atoms with E-state index in [4.69, 9.17) is 19.6 Å². The number of benzene rings is 2. The largest absolute Gasteiger partial charge is 0.489 e. The molecule has 2 aromatic carbocycles. The van der Waals surface area contributed by atoms with Gasteiger partial charge in [-0.15, -0.1) is 0 Å². The van der Waals surface area contributed by atoms with Crippen molar-refractivity contribution in [2.24, 2.45) is 0 Å². The summed E-state index contributed by atoms with van der Waals surface area (Å²) in [6, 6.07) is 18.4. The third-order valence-electron chi connectivity index (χ3n) is 7.02. The SMILES string of the molecule is N#Cc1cc(-c2ccnc(Cc3ccc(N4CCOCC4)cc3)n2)ccc1OC1CCN(CCO)CC1. The van der Waals surface area contributed by atoms with Gasteiger partial charge in [-0.3, -0.25) is 0 Å². The maximum atomic E-state index is 9.79. The van der Waals surface area contributed by atoms with Crippen LogP contribution in [0.5, 0.6) is 5.75 Å². The Kier molecular flexibility index (Phi) is 8.26. The van der Waals surface area contributed by atoms with Crippen molar-refractivity contribution in [1.82, 2.24) is 14.9 Å². The molecule has 2 aliphatic rings. The molecular weight excluding hydrogens is 466 g/mol. The molecule has 2 saturated heterocycles. The summed E-state index contributed by atoms with van der Waals surface area (Å²) < 4.78 is 11.6. The summed E-state index contributed by atoms with van der Waals surface area (Å²) in [7, 11) is 0. The minimum Gasteiger partial charge on any atom is -0.489 e. The Morgan fingerprint density at radius 3 is 2.54 bits per heavy atom. The summed E-state index contributed by atoms with van der Waals surface area (Å²) in [6.07, 6.45) is 4.26. The molecule has 0 aliphatic carbocycles. The van der Waals surface area contributed by atoms with Crippen molar-refractivity contribution in [3.63, 3.8) is 0 Å². The van der Waals surface area contributed by atoms with Gasteiger partial charge in [-0.1, -0.05) is 12.1 Å². The first-order valence-electron chi connectivity index (χ1n) is 13.0. The topological polar surface area (TPSA) is 94.7 Å². The number of nitriles is 1. The lowest BCUT2D eigenvalue weighted by Gasteiger charge is -2.31. The molecule has 0 atom stereocenters. The Labute approximate surface area is 218 Å². The van der Waals surface area contributed by atoms with Crippen molar-refractivity contribution >= 4 is 5.69 Å². The molecule has 2 fully saturated rings. The first-order chi connectivity index (χ1) is 18.2. The highest BCUT2D eigenvalue weighted by Gasteiger charge is 2.21. The summed E-state index contributed by atoms with van der Waals surface area (Å²) >= 11 is 0. The number of hydrogen-bond donors (Lipinski definition) is 1. The molecule has 0 radical (unpaired) electrons. The molecule has 0 amide bonds. The highest BCUT2D eigenvalue weighted by molar-refractivity contribution is 5.64. The van der Waals surface area contributed by atoms with E-state index >= 15 is 0 Å². The molecule has 5 rings (SSSR count). The number of rotatable bonds is 8. The van der Waals surface area contributed by atoms with Crippen LogP contribution in [-0.2, 0) is 11.2 Å². The molecule has 1 N–H and O–H groups in total. The van der Waals surface area contributed by atoms with Crippen LogP contribution in [0, 0.1) is 11.3 Å². The second kappa shape index (κ2) is 12.2. The van der Waals surface area contributed by atoms with Gasteiger partial charge in [0.1, 0.15) is 23.7 Å². The number of nitrogens with zero attached hydrogens (tertiary/aromatic N) is 5. The van der Waals surface area contributed by atoms with E-state index in [1.165, 1.54) is 5.69 Å². The number of aromatic nitrogens is 2. The van der Waals surface area contributed by atoms with E-state index in [2.05, 4.69) is 45.1 Å². The van der Waals surface area contributed by atoms with Crippen LogP contribution in [0.3, 0.4) is 0 Å². The highest BCUT2D eigenvalue weighted by Crippen LogP contribution is 2.28. The lowest BCUT2D eigenvalue weighted by molar-refractivity contribution is 0.0887. The number of β-amino-alcohol motifs (C(OH)–C–C–N with tert-alkyl or cyclic N) is 1. The molecule has 0 spiro atoms. The van der Waals surface area contributed by atoms with Crippen molar-refractivity contribution in [1.29, 1.82) is 5.26 Å². The molecular formula is C29H33N5O3. The summed E-state index contributed by atoms with van der Waals surface area (Å²) in [5.41, 5.74) is 4.53. The maximum absolute atomic E-state index is 9.79. The number of anilines is 1. The fourth-order valence-electron chi connectivity index (χ4n) is 4.92. The van der Waals surface area contributed by atoms with Crippen LogP contribution in [-0.4, -0.2) is 78.6 Å². The van der Waals surface area contributed by atoms with Crippen LogP contribution in [0.2, 0.25) is 0 Å². The summed E-state index contributed by atoms with van der Waals surface area (Å²) in [5.74, 6) is 1.35. The van der Waals surface area contributed by atoms with E-state index < -0.39 is 0 Å². The summed E-state index contributed by atoms with van der Waals surface area (Å²) in [5, 5.41) is 18.9. The van der Waals surface area contributed by atoms with Crippen LogP contribution in [0.25, 0.3) is 11.3 Å². The van der Waals surface area contributed by atoms with Gasteiger partial charge in [-0.25, -0.2) is 9.97 Å². The molecule has 37 heavy (non-hydrogen) atoms. The average Bonchev–Trinajstić information content (AvgIpc) is 2.95. The van der Waals surface area contributed by atoms with E-state index in [0.717, 1.165) is 74.9 Å². The van der Waals surface area contributed by atoms with E-state index in [9.17, 15) is 5.26 Å². The second-order valence-corrected chi connectivity index (χ2v) is 9.51. The van der Waals surface area contributed by atoms with Gasteiger partial charge in [0.15, 0.2) is 0 Å². The molecule has 192 valence electrons. The Balaban J connectivity index is 1.24. The van der Waals surface area contributed by atoms with Gasteiger partial charge in [0.2, 0.25) is 0 Å². The number of aliphatic hydroxyl groups is 1. The number of aliphatic hydroxyl groups excluding tert-OH is 1. The standard InChI is InChI=1S/C29H33N5O3/c30-21-24-20-23(3-6-28(24)37-26-8-11-33(12-9-26)13-16-35)27-7-10-31-29(32-27)19-22-1-4-25(5-2-22)34-14-17-36-18-15-34/h1-7,10,20,26,35H,8-9,11-19H2. The van der Waals surface area contributed by atoms with Crippen LogP contribution >= 0.6 is 0 Å². The maximum Gasteiger partial charge on any atom is 0.137 e. The number of morpholine rings is 1. The molecule has 0 unspecified atom stereocenters. The number of piperidine rings is 1. The Morgan fingerprint density at radius 2 is 1.81 bits per heavy atom. The van der Waals surface area contributed by atoms with Crippen molar-refractivity contribution in [2.75, 3.05) is 57.4 Å². The smallest absolute Gasteiger partial charge is 0.137 e. The monoisotopic (exact) mass is 499 g/mol. The quantitative estimate of drug-likeness (QED) is 0.505. The fraction of sp³-hybridized carbons (Fsp3) is 0.414. The highest BCUT2D eigenvalue weighted by atomic mass is 16.5. The first-order valence-corrected chi connectivity index (χ1v) is 13.0. The van der Waals surface area contributed by atoms with Crippen LogP contribution < -0.4 is 9.64 Å². The Hall–Kier alpha value is -3.51. The normalized spacial score (nSPS) is 16.9. The van der Waals surface area contributed by atoms with E-state index in [-0.39, 0.29) is 12.7 Å². The van der Waals surface area contributed by atoms with Crippen molar-refractivity contribution < 1.29 is 14.6 Å². The number of ether oxygens (including phenoxy) is 2. The molecule has 8 heteroatoms. The van der Waals surface area contributed by atoms with Crippen molar-refractivity contribution in [2.45, 2.75) is 25.4 Å². The van der Waals surface area contributed by atoms with Crippen LogP contribution in [0.15, 0.2) is 54.7 Å². The molecule has 3 aromatic rings. The van der Waals surface area contributed by atoms with Crippen LogP contribution in [0.1, 0.15) is 29.8 Å². The van der Waals surface area contributed by atoms with Crippen molar-refractivity contribution in [3.05, 3.63) is 71.7 Å². The summed E-state index contributed by atoms with van der Waals surface area (Å²) in [4.78, 5) is 13.8. The minimum absolute atomic E-state index is 0.0770. The molecule has 0 bridgehead atoms. The van der Waals surface area contributed by atoms with Gasteiger partial charge in [-0.05, 0) is 54.8 Å². The van der Waals surface area contributed by atoms with Gasteiger partial charge in [0.25, 0.3) is 0 Å². The molecule has 3 heterocycles. The van der Waals surface area contributed by atoms with Gasteiger partial charge in [0.05, 0.1) is 31.1 Å². The van der Waals surface area contributed by atoms with Gasteiger partial charge in [-0.2, -0.15) is 5.26 Å². The molecule has 2 aliphatic heterocycles. The predicted octanol–water partition coefficient (Wildman–Crippen LogP) is 3.28. The minimum atomic E-state index is 0.0770. The fourth-order valence-corrected chi connectivity index (χ4v) is 4.92. The van der Waals surface area contributed by atoms with E-state index in [0.29, 0.717) is 24.3 Å². The number of hydrogen-bond acceptors (Lipinski definition) is 8. The second-order valence-electron chi connectivity index (χ2n) is 9.51. The first kappa shape index (κ1) is 25.2. The van der Waals surface area contributed by atoms with Gasteiger partial charge in [0, 0.05) is 56.6 Å².